The Balaban J connectivity index is 2.38. The number of nitrogens with zero attached hydrogens (tertiary/aromatic N) is 1. The molecule has 1 atom stereocenters. The molecule has 0 spiro atoms. The lowest BCUT2D eigenvalue weighted by Crippen LogP contribution is -1.88. The summed E-state index contributed by atoms with van der Waals surface area (Å²) in [6.45, 7) is 5.84. The second kappa shape index (κ2) is 6.12. The minimum atomic E-state index is -0.228. The molecule has 0 aliphatic carbocycles. The summed E-state index contributed by atoms with van der Waals surface area (Å²) in [6.07, 6.45) is 5.78. The maximum atomic E-state index is 12.6. The monoisotopic (exact) mass is 205 g/mol. The van der Waals surface area contributed by atoms with E-state index in [4.69, 9.17) is 0 Å². The van der Waals surface area contributed by atoms with Crippen molar-refractivity contribution < 1.29 is 4.39 Å². The minimum Gasteiger partial charge on any atom is -0.261 e. The molecule has 0 aliphatic heterocycles. The van der Waals surface area contributed by atoms with Crippen LogP contribution in [0.25, 0.3) is 0 Å². The molecule has 80 valence electrons. The third kappa shape index (κ3) is 4.54. The van der Waals surface area contributed by atoms with E-state index in [-0.39, 0.29) is 5.82 Å². The Labute approximate surface area is 90.4 Å². The summed E-state index contributed by atoms with van der Waals surface area (Å²) in [5, 5.41) is 0. The SMILES string of the molecule is C=CC(C)CCC=Nc1ccc(F)cc1. The molecule has 1 aromatic carbocycles. The Bertz CT molecular complexity index is 327. The Kier molecular flexibility index (Phi) is 4.75. The number of halogens is 1. The van der Waals surface area contributed by atoms with Gasteiger partial charge in [-0.1, -0.05) is 13.0 Å². The van der Waals surface area contributed by atoms with Gasteiger partial charge in [-0.05, 0) is 43.0 Å². The first-order valence-corrected chi connectivity index (χ1v) is 5.13. The molecule has 2 heteroatoms. The topological polar surface area (TPSA) is 12.4 Å². The van der Waals surface area contributed by atoms with Crippen LogP contribution < -0.4 is 0 Å². The largest absolute Gasteiger partial charge is 0.261 e. The molecule has 0 N–H and O–H groups in total. The van der Waals surface area contributed by atoms with Crippen molar-refractivity contribution in [1.29, 1.82) is 0 Å². The average Bonchev–Trinajstić information content (AvgIpc) is 2.26. The molecule has 0 fully saturated rings. The smallest absolute Gasteiger partial charge is 0.123 e. The van der Waals surface area contributed by atoms with Crippen LogP contribution in [0.3, 0.4) is 0 Å². The number of rotatable bonds is 5. The lowest BCUT2D eigenvalue weighted by atomic mass is 10.1. The zero-order chi connectivity index (χ0) is 11.1. The van der Waals surface area contributed by atoms with Crippen LogP contribution in [0.5, 0.6) is 0 Å². The lowest BCUT2D eigenvalue weighted by Gasteiger charge is -2.00. The summed E-state index contributed by atoms with van der Waals surface area (Å²) in [5.41, 5.74) is 0.794. The first-order chi connectivity index (χ1) is 7.22. The van der Waals surface area contributed by atoms with E-state index >= 15 is 0 Å². The predicted octanol–water partition coefficient (Wildman–Crippen LogP) is 4.13. The summed E-state index contributed by atoms with van der Waals surface area (Å²) in [5.74, 6) is 0.291. The summed E-state index contributed by atoms with van der Waals surface area (Å²) >= 11 is 0. The molecule has 0 heterocycles. The van der Waals surface area contributed by atoms with E-state index in [2.05, 4.69) is 18.5 Å². The normalized spacial score (nSPS) is 12.9. The molecule has 0 bridgehead atoms. The van der Waals surface area contributed by atoms with Gasteiger partial charge in [0.1, 0.15) is 5.82 Å². The Morgan fingerprint density at radius 3 is 2.67 bits per heavy atom. The highest BCUT2D eigenvalue weighted by atomic mass is 19.1. The van der Waals surface area contributed by atoms with Crippen LogP contribution in [0.1, 0.15) is 19.8 Å². The molecule has 15 heavy (non-hydrogen) atoms. The van der Waals surface area contributed by atoms with E-state index in [1.54, 1.807) is 12.1 Å². The molecular formula is C13H16FN. The maximum absolute atomic E-state index is 12.6. The number of hydrogen-bond donors (Lipinski definition) is 0. The molecule has 1 aromatic rings. The number of hydrogen-bond acceptors (Lipinski definition) is 1. The summed E-state index contributed by atoms with van der Waals surface area (Å²) in [7, 11) is 0. The number of aliphatic imine (C=N–C) groups is 1. The number of allylic oxidation sites excluding steroid dienone is 1. The molecule has 0 aliphatic rings. The van der Waals surface area contributed by atoms with Gasteiger partial charge in [-0.25, -0.2) is 4.39 Å². The fourth-order valence-corrected chi connectivity index (χ4v) is 1.15. The molecular weight excluding hydrogens is 189 g/mol. The second-order valence-electron chi connectivity index (χ2n) is 3.58. The van der Waals surface area contributed by atoms with Crippen molar-refractivity contribution in [3.05, 3.63) is 42.7 Å². The predicted molar refractivity (Wildman–Crippen MR) is 63.1 cm³/mol. The van der Waals surface area contributed by atoms with E-state index < -0.39 is 0 Å². The van der Waals surface area contributed by atoms with E-state index in [1.807, 2.05) is 12.3 Å². The Morgan fingerprint density at radius 1 is 1.40 bits per heavy atom. The van der Waals surface area contributed by atoms with Crippen molar-refractivity contribution in [3.8, 4) is 0 Å². The van der Waals surface area contributed by atoms with Crippen LogP contribution in [-0.2, 0) is 0 Å². The van der Waals surface area contributed by atoms with Crippen molar-refractivity contribution >= 4 is 11.9 Å². The molecule has 1 unspecified atom stereocenters. The Hall–Kier alpha value is -1.44. The fraction of sp³-hybridized carbons (Fsp3) is 0.308. The second-order valence-corrected chi connectivity index (χ2v) is 3.58. The highest BCUT2D eigenvalue weighted by Crippen LogP contribution is 2.12. The lowest BCUT2D eigenvalue weighted by molar-refractivity contribution is 0.628. The quantitative estimate of drug-likeness (QED) is 0.506. The number of benzene rings is 1. The standard InChI is InChI=1S/C13H16FN/c1-3-11(2)5-4-10-15-13-8-6-12(14)7-9-13/h3,6-11H,1,4-5H2,2H3. The van der Waals surface area contributed by atoms with Crippen LogP contribution in [0, 0.1) is 11.7 Å². The van der Waals surface area contributed by atoms with Crippen molar-refractivity contribution in [1.82, 2.24) is 0 Å². The van der Waals surface area contributed by atoms with Gasteiger partial charge in [0.05, 0.1) is 5.69 Å². The average molecular weight is 205 g/mol. The molecule has 1 nitrogen and oxygen atoms in total. The first-order valence-electron chi connectivity index (χ1n) is 5.13. The van der Waals surface area contributed by atoms with Gasteiger partial charge in [0.2, 0.25) is 0 Å². The summed E-state index contributed by atoms with van der Waals surface area (Å²) < 4.78 is 12.6. The van der Waals surface area contributed by atoms with Gasteiger partial charge in [0.15, 0.2) is 0 Å². The highest BCUT2D eigenvalue weighted by Gasteiger charge is 1.93. The Morgan fingerprint density at radius 2 is 2.07 bits per heavy atom. The van der Waals surface area contributed by atoms with Gasteiger partial charge in [-0.15, -0.1) is 6.58 Å². The third-order valence-corrected chi connectivity index (χ3v) is 2.22. The van der Waals surface area contributed by atoms with E-state index in [0.717, 1.165) is 18.5 Å². The van der Waals surface area contributed by atoms with Gasteiger partial charge < -0.3 is 0 Å². The summed E-state index contributed by atoms with van der Waals surface area (Å²) in [6, 6.07) is 6.17. The van der Waals surface area contributed by atoms with Gasteiger partial charge in [0, 0.05) is 6.21 Å². The van der Waals surface area contributed by atoms with E-state index in [9.17, 15) is 4.39 Å². The van der Waals surface area contributed by atoms with Gasteiger partial charge >= 0.3 is 0 Å². The van der Waals surface area contributed by atoms with Gasteiger partial charge in [-0.3, -0.25) is 4.99 Å². The molecule has 0 amide bonds. The third-order valence-electron chi connectivity index (χ3n) is 2.22. The van der Waals surface area contributed by atoms with Crippen molar-refractivity contribution in [3.63, 3.8) is 0 Å². The first kappa shape index (κ1) is 11.6. The van der Waals surface area contributed by atoms with Crippen molar-refractivity contribution in [2.24, 2.45) is 10.9 Å². The van der Waals surface area contributed by atoms with E-state index in [0.29, 0.717) is 5.92 Å². The maximum Gasteiger partial charge on any atom is 0.123 e. The molecule has 0 saturated carbocycles. The van der Waals surface area contributed by atoms with Crippen LogP contribution in [0.15, 0.2) is 41.9 Å². The molecule has 0 radical (unpaired) electrons. The van der Waals surface area contributed by atoms with Crippen LogP contribution >= 0.6 is 0 Å². The fourth-order valence-electron chi connectivity index (χ4n) is 1.15. The van der Waals surface area contributed by atoms with Crippen LogP contribution in [0.2, 0.25) is 0 Å². The van der Waals surface area contributed by atoms with Gasteiger partial charge in [-0.2, -0.15) is 0 Å². The zero-order valence-electron chi connectivity index (χ0n) is 8.99. The molecule has 1 rings (SSSR count). The summed E-state index contributed by atoms with van der Waals surface area (Å²) in [4.78, 5) is 4.23. The van der Waals surface area contributed by atoms with E-state index in [1.165, 1.54) is 12.1 Å². The molecule has 0 saturated heterocycles. The zero-order valence-corrected chi connectivity index (χ0v) is 8.99. The van der Waals surface area contributed by atoms with Gasteiger partial charge in [0.25, 0.3) is 0 Å². The van der Waals surface area contributed by atoms with Crippen LogP contribution in [-0.4, -0.2) is 6.21 Å². The van der Waals surface area contributed by atoms with Crippen molar-refractivity contribution in [2.45, 2.75) is 19.8 Å². The highest BCUT2D eigenvalue weighted by molar-refractivity contribution is 5.62. The molecule has 0 aromatic heterocycles. The minimum absolute atomic E-state index is 0.228. The van der Waals surface area contributed by atoms with Crippen molar-refractivity contribution in [2.75, 3.05) is 0 Å². The van der Waals surface area contributed by atoms with Crippen LogP contribution in [0.4, 0.5) is 10.1 Å².